The molecule has 166 valence electrons. The number of benzene rings is 1. The first-order chi connectivity index (χ1) is 15.1. The Morgan fingerprint density at radius 2 is 2.06 bits per heavy atom. The Labute approximate surface area is 182 Å². The summed E-state index contributed by atoms with van der Waals surface area (Å²) in [5.74, 6) is 5.22. The van der Waals surface area contributed by atoms with Gasteiger partial charge in [0.25, 0.3) is 5.89 Å². The lowest BCUT2D eigenvalue weighted by Crippen LogP contribution is -2.27. The number of carbonyl (C=O) groups excluding carboxylic acids is 1. The molecule has 2 aromatic heterocycles. The van der Waals surface area contributed by atoms with Crippen LogP contribution >= 0.6 is 0 Å². The number of aromatic nitrogens is 3. The fraction of sp³-hybridized carbons (Fsp3) is 0.238. The minimum atomic E-state index is -2.83. The third-order valence-electron chi connectivity index (χ3n) is 5.19. The van der Waals surface area contributed by atoms with E-state index in [9.17, 15) is 13.6 Å². The Kier molecular flexibility index (Phi) is 5.35. The highest BCUT2D eigenvalue weighted by molar-refractivity contribution is 6.05. The van der Waals surface area contributed by atoms with E-state index in [4.69, 9.17) is 16.0 Å². The summed E-state index contributed by atoms with van der Waals surface area (Å²) in [7, 11) is 0. The van der Waals surface area contributed by atoms with Crippen LogP contribution in [0.2, 0.25) is 0 Å². The molecular formula is C21H21F2N7O2. The van der Waals surface area contributed by atoms with E-state index in [0.29, 0.717) is 17.0 Å². The molecule has 11 heteroatoms. The monoisotopic (exact) mass is 441 g/mol. The van der Waals surface area contributed by atoms with Crippen molar-refractivity contribution in [1.29, 1.82) is 0 Å². The molecular weight excluding hydrogens is 420 g/mol. The molecule has 32 heavy (non-hydrogen) atoms. The Balaban J connectivity index is 1.46. The molecule has 5 N–H and O–H groups in total. The van der Waals surface area contributed by atoms with Gasteiger partial charge in [-0.15, -0.1) is 10.2 Å². The largest absolute Gasteiger partial charge is 0.415 e. The Morgan fingerprint density at radius 1 is 1.28 bits per heavy atom. The predicted molar refractivity (Wildman–Crippen MR) is 112 cm³/mol. The van der Waals surface area contributed by atoms with Crippen LogP contribution in [0.15, 0.2) is 47.1 Å². The fourth-order valence-electron chi connectivity index (χ4n) is 3.32. The Hall–Kier alpha value is -3.86. The summed E-state index contributed by atoms with van der Waals surface area (Å²) in [6, 6.07) is 8.79. The van der Waals surface area contributed by atoms with Gasteiger partial charge in [0.15, 0.2) is 0 Å². The van der Waals surface area contributed by atoms with Gasteiger partial charge in [-0.2, -0.15) is 8.78 Å². The van der Waals surface area contributed by atoms with Gasteiger partial charge in [-0.3, -0.25) is 9.78 Å². The van der Waals surface area contributed by atoms with E-state index >= 15 is 0 Å². The minimum Gasteiger partial charge on any atom is -0.415 e. The lowest BCUT2D eigenvalue weighted by molar-refractivity contribution is -0.119. The summed E-state index contributed by atoms with van der Waals surface area (Å²) in [6.07, 6.45) is 0.174. The number of pyridine rings is 1. The molecule has 0 fully saturated rings. The molecule has 3 aromatic rings. The third kappa shape index (κ3) is 4.02. The van der Waals surface area contributed by atoms with Crippen molar-refractivity contribution in [2.24, 2.45) is 11.6 Å². The summed E-state index contributed by atoms with van der Waals surface area (Å²) in [5.41, 5.74) is 9.39. The highest BCUT2D eigenvalue weighted by atomic mass is 19.3. The molecule has 0 saturated carbocycles. The molecule has 0 spiro atoms. The van der Waals surface area contributed by atoms with E-state index in [-0.39, 0.29) is 18.3 Å². The summed E-state index contributed by atoms with van der Waals surface area (Å²) in [5, 5.41) is 11.1. The summed E-state index contributed by atoms with van der Waals surface area (Å²) in [4.78, 5) is 16.4. The minimum absolute atomic E-state index is 0.0411. The zero-order chi connectivity index (χ0) is 23.0. The summed E-state index contributed by atoms with van der Waals surface area (Å²) in [6.45, 7) is 3.94. The number of halogens is 2. The van der Waals surface area contributed by atoms with E-state index in [1.807, 2.05) is 32.0 Å². The number of hydrogen-bond acceptors (Lipinski definition) is 8. The van der Waals surface area contributed by atoms with E-state index in [1.54, 1.807) is 18.3 Å². The summed E-state index contributed by atoms with van der Waals surface area (Å²) >= 11 is 0. The van der Waals surface area contributed by atoms with Crippen LogP contribution in [-0.2, 0) is 16.8 Å². The molecule has 0 atom stereocenters. The Bertz CT molecular complexity index is 1190. The van der Waals surface area contributed by atoms with Crippen molar-refractivity contribution in [3.05, 3.63) is 65.4 Å². The standard InChI is InChI=1S/C21H21F2N7O2/c1-21(2)14-7-11(4-6-16(14)27-20(21)31)15(24)10-30(25)9-13-5-3-12(8-26-13)18-28-29-19(32-18)17(22)23/h3-8,10,17H,9,24-25H2,1-2H3,(H,27,31)/b15-10-. The zero-order valence-corrected chi connectivity index (χ0v) is 17.3. The highest BCUT2D eigenvalue weighted by Crippen LogP contribution is 2.38. The van der Waals surface area contributed by atoms with Gasteiger partial charge in [-0.05, 0) is 49.2 Å². The number of nitrogens with zero attached hydrogens (tertiary/aromatic N) is 4. The molecule has 3 heterocycles. The molecule has 0 unspecified atom stereocenters. The molecule has 1 aliphatic rings. The van der Waals surface area contributed by atoms with Crippen molar-refractivity contribution < 1.29 is 18.0 Å². The SMILES string of the molecule is CC1(C)C(=O)Nc2ccc(/C(N)=C/N(N)Cc3ccc(-c4nnc(C(F)F)o4)cn3)cc21. The molecule has 1 aliphatic heterocycles. The molecule has 9 nitrogen and oxygen atoms in total. The van der Waals surface area contributed by atoms with Gasteiger partial charge >= 0.3 is 6.43 Å². The molecule has 0 bridgehead atoms. The number of rotatable bonds is 6. The number of alkyl halides is 2. The predicted octanol–water partition coefficient (Wildman–Crippen LogP) is 2.93. The fourth-order valence-corrected chi connectivity index (χ4v) is 3.32. The molecule has 1 aromatic carbocycles. The van der Waals surface area contributed by atoms with Crippen LogP contribution < -0.4 is 16.9 Å². The van der Waals surface area contributed by atoms with Crippen LogP contribution in [0, 0.1) is 0 Å². The number of nitrogens with two attached hydrogens (primary N) is 2. The zero-order valence-electron chi connectivity index (χ0n) is 17.3. The maximum Gasteiger partial charge on any atom is 0.314 e. The average molecular weight is 441 g/mol. The maximum absolute atomic E-state index is 12.6. The van der Waals surface area contributed by atoms with Crippen molar-refractivity contribution in [3.63, 3.8) is 0 Å². The Morgan fingerprint density at radius 3 is 2.72 bits per heavy atom. The van der Waals surface area contributed by atoms with Crippen LogP contribution in [0.1, 0.15) is 43.0 Å². The van der Waals surface area contributed by atoms with Crippen LogP contribution in [-0.4, -0.2) is 26.1 Å². The van der Waals surface area contributed by atoms with Crippen LogP contribution in [0.5, 0.6) is 0 Å². The van der Waals surface area contributed by atoms with Gasteiger partial charge in [-0.1, -0.05) is 6.07 Å². The number of anilines is 1. The van der Waals surface area contributed by atoms with Crippen molar-refractivity contribution in [1.82, 2.24) is 20.2 Å². The first kappa shape index (κ1) is 21.4. The topological polar surface area (TPSA) is 136 Å². The van der Waals surface area contributed by atoms with Gasteiger partial charge < -0.3 is 20.5 Å². The summed E-state index contributed by atoms with van der Waals surface area (Å²) < 4.78 is 30.1. The van der Waals surface area contributed by atoms with Gasteiger partial charge in [-0.25, -0.2) is 5.84 Å². The normalized spacial score (nSPS) is 15.1. The number of fused-ring (bicyclic) bond motifs is 1. The maximum atomic E-state index is 12.6. The third-order valence-corrected chi connectivity index (χ3v) is 5.19. The molecule has 0 aliphatic carbocycles. The van der Waals surface area contributed by atoms with Crippen molar-refractivity contribution in [2.45, 2.75) is 32.2 Å². The molecule has 0 radical (unpaired) electrons. The highest BCUT2D eigenvalue weighted by Gasteiger charge is 2.38. The first-order valence-corrected chi connectivity index (χ1v) is 9.67. The molecule has 0 saturated heterocycles. The second kappa shape index (κ2) is 8.00. The van der Waals surface area contributed by atoms with Crippen LogP contribution in [0.4, 0.5) is 14.5 Å². The second-order valence-corrected chi connectivity index (χ2v) is 7.88. The molecule has 1 amide bonds. The quantitative estimate of drug-likeness (QED) is 0.392. The molecule has 4 rings (SSSR count). The van der Waals surface area contributed by atoms with E-state index < -0.39 is 17.7 Å². The van der Waals surface area contributed by atoms with Gasteiger partial charge in [0.2, 0.25) is 11.8 Å². The van der Waals surface area contributed by atoms with Gasteiger partial charge in [0.05, 0.1) is 28.9 Å². The van der Waals surface area contributed by atoms with Crippen molar-refractivity contribution in [2.75, 3.05) is 5.32 Å². The van der Waals surface area contributed by atoms with E-state index in [2.05, 4.69) is 20.5 Å². The number of hydrazine groups is 1. The smallest absolute Gasteiger partial charge is 0.314 e. The van der Waals surface area contributed by atoms with Gasteiger partial charge in [0, 0.05) is 18.1 Å². The van der Waals surface area contributed by atoms with Gasteiger partial charge in [0.1, 0.15) is 0 Å². The second-order valence-electron chi connectivity index (χ2n) is 7.88. The van der Waals surface area contributed by atoms with Crippen molar-refractivity contribution in [3.8, 4) is 11.5 Å². The van der Waals surface area contributed by atoms with Crippen LogP contribution in [0.3, 0.4) is 0 Å². The number of amides is 1. The van der Waals surface area contributed by atoms with Crippen molar-refractivity contribution >= 4 is 17.3 Å². The van der Waals surface area contributed by atoms with E-state index in [0.717, 1.165) is 16.8 Å². The van der Waals surface area contributed by atoms with Crippen LogP contribution in [0.25, 0.3) is 17.2 Å². The average Bonchev–Trinajstić information content (AvgIpc) is 3.32. The number of carbonyl (C=O) groups is 1. The number of hydrogen-bond donors (Lipinski definition) is 3. The first-order valence-electron chi connectivity index (χ1n) is 9.67. The number of nitrogens with one attached hydrogen (secondary N) is 1. The van der Waals surface area contributed by atoms with E-state index in [1.165, 1.54) is 11.2 Å². The lowest BCUT2D eigenvalue weighted by Gasteiger charge is -2.17. The lowest BCUT2D eigenvalue weighted by atomic mass is 9.85.